The summed E-state index contributed by atoms with van der Waals surface area (Å²) in [6, 6.07) is 1.98. The molecule has 12 heteroatoms. The molecular formula is C53H74N4O8. The van der Waals surface area contributed by atoms with Crippen LogP contribution in [0.3, 0.4) is 0 Å². The van der Waals surface area contributed by atoms with Gasteiger partial charge in [-0.25, -0.2) is 0 Å². The Morgan fingerprint density at radius 2 is 1.77 bits per heavy atom. The Morgan fingerprint density at radius 1 is 0.969 bits per heavy atom. The number of carbonyl (C=O) groups is 2. The first-order chi connectivity index (χ1) is 30.9. The van der Waals surface area contributed by atoms with E-state index < -0.39 is 64.0 Å². The number of cyclic esters (lactones) is 1. The Labute approximate surface area is 384 Å². The van der Waals surface area contributed by atoms with E-state index in [-0.39, 0.29) is 79.0 Å². The molecule has 21 unspecified atom stereocenters. The molecule has 9 aliphatic rings. The molecule has 1 aromatic rings. The summed E-state index contributed by atoms with van der Waals surface area (Å²) in [5.41, 5.74) is 9.95. The highest BCUT2D eigenvalue weighted by Crippen LogP contribution is 2.72. The molecule has 1 aromatic heterocycles. The molecular weight excluding hydrogens is 821 g/mol. The molecule has 1 saturated heterocycles. The number of nitrogens with two attached hydrogens (primary N) is 2. The van der Waals surface area contributed by atoms with Gasteiger partial charge in [-0.1, -0.05) is 38.3 Å². The van der Waals surface area contributed by atoms with Crippen LogP contribution in [-0.2, 0) is 14.3 Å². The van der Waals surface area contributed by atoms with Crippen molar-refractivity contribution in [2.24, 2.45) is 104 Å². The summed E-state index contributed by atoms with van der Waals surface area (Å²) >= 11 is 0. The van der Waals surface area contributed by atoms with E-state index in [1.54, 1.807) is 18.6 Å². The fraction of sp³-hybridized carbons (Fsp3) is 0.755. The van der Waals surface area contributed by atoms with E-state index in [2.05, 4.69) is 41.7 Å². The van der Waals surface area contributed by atoms with Crippen molar-refractivity contribution in [1.82, 2.24) is 4.98 Å². The number of aliphatic imine (C=N–C) groups is 1. The number of nitrogens with one attached hydrogen (secondary N) is 1. The molecule has 0 amide bonds. The first-order valence-corrected chi connectivity index (χ1v) is 25.2. The molecule has 8 aliphatic carbocycles. The van der Waals surface area contributed by atoms with Gasteiger partial charge in [0.05, 0.1) is 42.0 Å². The molecule has 12 nitrogen and oxygen atoms in total. The highest BCUT2D eigenvalue weighted by Gasteiger charge is 2.73. The number of carbonyl (C=O) groups excluding carboxylic acids is 2. The van der Waals surface area contributed by atoms with Crippen molar-refractivity contribution < 1.29 is 39.9 Å². The van der Waals surface area contributed by atoms with Gasteiger partial charge in [0, 0.05) is 54.4 Å². The van der Waals surface area contributed by atoms with Gasteiger partial charge in [0.2, 0.25) is 0 Å². The molecule has 2 heterocycles. The van der Waals surface area contributed by atoms with Gasteiger partial charge in [-0.05, 0) is 166 Å². The number of hydrogen-bond acceptors (Lipinski definition) is 9. The molecule has 0 aromatic carbocycles. The van der Waals surface area contributed by atoms with Crippen LogP contribution in [0.4, 0.5) is 0 Å². The minimum atomic E-state index is -1.69. The minimum absolute atomic E-state index is 0.0382. The molecule has 5 saturated carbocycles. The van der Waals surface area contributed by atoms with Crippen LogP contribution in [0, 0.1) is 99.6 Å². The third-order valence-corrected chi connectivity index (χ3v) is 20.2. The summed E-state index contributed by atoms with van der Waals surface area (Å²) in [6.45, 7) is 8.93. The lowest BCUT2D eigenvalue weighted by Gasteiger charge is -2.61. The van der Waals surface area contributed by atoms with Crippen LogP contribution in [0.15, 0.2) is 46.8 Å². The Bertz CT molecular complexity index is 2190. The number of fused-ring (bicyclic) bond motifs is 8. The number of ether oxygens (including phenoxy) is 1. The van der Waals surface area contributed by atoms with Crippen LogP contribution in [0.5, 0.6) is 0 Å². The number of nitrogens with zero attached hydrogens (tertiary/aromatic N) is 1. The fourth-order valence-electron chi connectivity index (χ4n) is 17.6. The van der Waals surface area contributed by atoms with E-state index in [9.17, 15) is 35.1 Å². The summed E-state index contributed by atoms with van der Waals surface area (Å²) in [5.74, 6) is 6.72. The zero-order valence-electron chi connectivity index (χ0n) is 38.9. The smallest absolute Gasteiger partial charge is 0.313 e. The Morgan fingerprint density at radius 3 is 2.52 bits per heavy atom. The second kappa shape index (κ2) is 16.4. The van der Waals surface area contributed by atoms with Crippen LogP contribution < -0.4 is 11.5 Å². The van der Waals surface area contributed by atoms with Crippen molar-refractivity contribution in [3.05, 3.63) is 47.3 Å². The highest BCUT2D eigenvalue weighted by atomic mass is 16.5. The Hall–Kier alpha value is -3.47. The average molecular weight is 895 g/mol. The zero-order valence-corrected chi connectivity index (χ0v) is 38.9. The fourth-order valence-corrected chi connectivity index (χ4v) is 17.6. The largest absolute Gasteiger partial charge is 0.465 e. The highest BCUT2D eigenvalue weighted by molar-refractivity contribution is 5.95. The van der Waals surface area contributed by atoms with Gasteiger partial charge >= 0.3 is 5.97 Å². The van der Waals surface area contributed by atoms with Gasteiger partial charge in [-0.2, -0.15) is 0 Å². The monoisotopic (exact) mass is 895 g/mol. The van der Waals surface area contributed by atoms with Gasteiger partial charge in [-0.15, -0.1) is 5.92 Å². The van der Waals surface area contributed by atoms with Crippen molar-refractivity contribution in [1.29, 1.82) is 0 Å². The summed E-state index contributed by atoms with van der Waals surface area (Å²) in [4.78, 5) is 35.7. The van der Waals surface area contributed by atoms with Crippen molar-refractivity contribution in [3.8, 4) is 11.8 Å². The Balaban J connectivity index is 1.12. The Kier molecular flexibility index (Phi) is 11.4. The number of guanidine groups is 1. The SMILES string of the molecule is CC1CCC2=CC3CCC4C(C5COC(=O)C5c5cc[nH]c5)C#CCC5CC6(O)C7=CC(=O)C8CC(O)C(O)CC8(C)C7CCC6(CCN=C(N)N)C5C(C)(O)C(O)CC(C)C3C4C2C1. The van der Waals surface area contributed by atoms with Gasteiger partial charge in [0.25, 0.3) is 0 Å². The lowest BCUT2D eigenvalue weighted by atomic mass is 9.44. The quantitative estimate of drug-likeness (QED) is 0.0639. The molecule has 6 fully saturated rings. The maximum Gasteiger partial charge on any atom is 0.313 e. The zero-order chi connectivity index (χ0) is 46.0. The van der Waals surface area contributed by atoms with Gasteiger partial charge < -0.3 is 46.7 Å². The molecule has 10 N–H and O–H groups in total. The van der Waals surface area contributed by atoms with E-state index >= 15 is 0 Å². The number of rotatable bonds is 5. The molecule has 10 rings (SSSR count). The number of hydrogen-bond donors (Lipinski definition) is 8. The molecule has 4 bridgehead atoms. The first-order valence-electron chi connectivity index (χ1n) is 25.2. The summed E-state index contributed by atoms with van der Waals surface area (Å²) in [5, 5.41) is 61.9. The van der Waals surface area contributed by atoms with E-state index in [1.165, 1.54) is 6.42 Å². The molecule has 0 spiro atoms. The van der Waals surface area contributed by atoms with Crippen molar-refractivity contribution in [2.75, 3.05) is 13.2 Å². The number of aliphatic hydroxyl groups is 5. The second-order valence-electron chi connectivity index (χ2n) is 23.5. The number of H-pyrrole nitrogens is 1. The molecule has 0 radical (unpaired) electrons. The number of aromatic amines is 1. The van der Waals surface area contributed by atoms with Crippen LogP contribution in [0.2, 0.25) is 0 Å². The van der Waals surface area contributed by atoms with Crippen LogP contribution in [-0.4, -0.2) is 90.9 Å². The van der Waals surface area contributed by atoms with Crippen LogP contribution in [0.1, 0.15) is 123 Å². The maximum absolute atomic E-state index is 14.3. The second-order valence-corrected chi connectivity index (χ2v) is 23.5. The van der Waals surface area contributed by atoms with E-state index in [4.69, 9.17) is 16.2 Å². The summed E-state index contributed by atoms with van der Waals surface area (Å²) < 4.78 is 5.98. The predicted octanol–water partition coefficient (Wildman–Crippen LogP) is 5.14. The number of ketones is 1. The minimum Gasteiger partial charge on any atom is -0.465 e. The van der Waals surface area contributed by atoms with Gasteiger partial charge in [-0.3, -0.25) is 14.6 Å². The van der Waals surface area contributed by atoms with Crippen molar-refractivity contribution in [3.63, 3.8) is 0 Å². The van der Waals surface area contributed by atoms with Crippen LogP contribution >= 0.6 is 0 Å². The third-order valence-electron chi connectivity index (χ3n) is 20.2. The maximum atomic E-state index is 14.3. The van der Waals surface area contributed by atoms with E-state index in [1.807, 2.05) is 25.4 Å². The number of aromatic nitrogens is 1. The summed E-state index contributed by atoms with van der Waals surface area (Å²) in [6.07, 6.45) is 13.0. The molecule has 65 heavy (non-hydrogen) atoms. The topological polar surface area (TPSA) is 225 Å². The van der Waals surface area contributed by atoms with Gasteiger partial charge in [0.1, 0.15) is 0 Å². The van der Waals surface area contributed by atoms with Gasteiger partial charge in [0.15, 0.2) is 11.7 Å². The lowest BCUT2D eigenvalue weighted by molar-refractivity contribution is -0.189. The molecule has 21 atom stereocenters. The lowest BCUT2D eigenvalue weighted by Crippen LogP contribution is -2.64. The number of aliphatic hydroxyl groups excluding tert-OH is 3. The average Bonchev–Trinajstić information content (AvgIpc) is 3.97. The number of allylic oxidation sites excluding steroid dienone is 3. The molecule has 354 valence electrons. The standard InChI is InChI=1S/C53H74N4O8/c1-27-8-9-29-20-30-10-11-34-33(36-26-65-48(62)45(36)32-13-16-56-25-32)7-5-6-31-23-53(64)38-21-40(58)39-22-41(59)42(60)24-50(39,3)37(38)12-14-52(53,15-17-57-49(54)55)47(31)51(4,63)43(61)19-28(2)44(30)46(34)35(29)18-27/h13,16,20-21,25,27-28,30-31,33-37,39,41-47,56,59-61,63-64H,6,8-12,14-15,17-19,22-24,26H2,1-4H3,(H4,54,55,57). The number of esters is 1. The van der Waals surface area contributed by atoms with E-state index in [0.29, 0.717) is 68.0 Å². The van der Waals surface area contributed by atoms with Crippen molar-refractivity contribution in [2.45, 2.75) is 147 Å². The predicted molar refractivity (Wildman–Crippen MR) is 245 cm³/mol. The normalized spacial score (nSPS) is 50.1. The first kappa shape index (κ1) is 45.3. The third kappa shape index (κ3) is 6.97. The van der Waals surface area contributed by atoms with Crippen molar-refractivity contribution >= 4 is 17.7 Å². The summed E-state index contributed by atoms with van der Waals surface area (Å²) in [7, 11) is 0. The van der Waals surface area contributed by atoms with Crippen LogP contribution in [0.25, 0.3) is 0 Å². The van der Waals surface area contributed by atoms with E-state index in [0.717, 1.165) is 31.2 Å². The molecule has 1 aliphatic heterocycles.